The number of carbonyl (C=O) groups is 2. The lowest BCUT2D eigenvalue weighted by molar-refractivity contribution is 0.0509. The van der Waals surface area contributed by atoms with Crippen LogP contribution in [0.25, 0.3) is 55.1 Å². The summed E-state index contributed by atoms with van der Waals surface area (Å²) in [6, 6.07) is 48.8. The maximum atomic E-state index is 13.7. The Bertz CT molecular complexity index is 3570. The molecular weight excluding hydrogens is 957 g/mol. The highest BCUT2D eigenvalue weighted by molar-refractivity contribution is 7.00. The summed E-state index contributed by atoms with van der Waals surface area (Å²) in [6.07, 6.45) is 0. The molecule has 3 aromatic heterocycles. The SMILES string of the molecule is CCOC(=O)c1[nH]c2cc(OCc3ccccc3)ccc2c1-c1ccc(OC)c(OC)c1.CCOC(=O)c1c(-c2ccc(OC)c(OC)c2)c2ccc(OCc3ccccc3)cc2n1Cc1ccc2nsnc2c1. The van der Waals surface area contributed by atoms with Gasteiger partial charge in [-0.05, 0) is 102 Å². The molecule has 0 unspecified atom stereocenters. The number of fused-ring (bicyclic) bond motifs is 3. The number of aromatic nitrogens is 4. The van der Waals surface area contributed by atoms with Crippen LogP contribution in [-0.2, 0) is 29.2 Å². The van der Waals surface area contributed by atoms with Gasteiger partial charge in [0, 0.05) is 40.6 Å². The smallest absolute Gasteiger partial charge is 0.355 e. The molecule has 1 N–H and O–H groups in total. The van der Waals surface area contributed by atoms with E-state index < -0.39 is 11.9 Å². The first-order chi connectivity index (χ1) is 36.2. The van der Waals surface area contributed by atoms with Crippen LogP contribution in [0.4, 0.5) is 0 Å². The first-order valence-corrected chi connectivity index (χ1v) is 24.6. The second-order valence-corrected chi connectivity index (χ2v) is 17.3. The van der Waals surface area contributed by atoms with Crippen LogP contribution in [0, 0.1) is 0 Å². The maximum absolute atomic E-state index is 13.7. The van der Waals surface area contributed by atoms with Gasteiger partial charge in [-0.3, -0.25) is 0 Å². The monoisotopic (exact) mass is 1010 g/mol. The molecule has 0 bridgehead atoms. The molecule has 3 heterocycles. The molecule has 10 aromatic rings. The number of esters is 2. The lowest BCUT2D eigenvalue weighted by Gasteiger charge is -2.13. The summed E-state index contributed by atoms with van der Waals surface area (Å²) in [6.45, 7) is 5.41. The fourth-order valence-electron chi connectivity index (χ4n) is 8.78. The van der Waals surface area contributed by atoms with Crippen LogP contribution in [-0.4, -0.2) is 71.9 Å². The van der Waals surface area contributed by atoms with Crippen molar-refractivity contribution in [3.63, 3.8) is 0 Å². The van der Waals surface area contributed by atoms with Crippen LogP contribution in [0.3, 0.4) is 0 Å². The number of nitrogens with zero attached hydrogens (tertiary/aromatic N) is 3. The summed E-state index contributed by atoms with van der Waals surface area (Å²) >= 11 is 1.18. The summed E-state index contributed by atoms with van der Waals surface area (Å²) < 4.78 is 55.7. The van der Waals surface area contributed by atoms with Crippen LogP contribution < -0.4 is 28.4 Å². The van der Waals surface area contributed by atoms with Crippen molar-refractivity contribution in [1.29, 1.82) is 0 Å². The Morgan fingerprint density at radius 2 is 1.08 bits per heavy atom. The predicted octanol–water partition coefficient (Wildman–Crippen LogP) is 12.7. The van der Waals surface area contributed by atoms with Gasteiger partial charge in [0.2, 0.25) is 0 Å². The van der Waals surface area contributed by atoms with Crippen LogP contribution >= 0.6 is 11.7 Å². The van der Waals surface area contributed by atoms with Gasteiger partial charge in [0.1, 0.15) is 47.1 Å². The van der Waals surface area contributed by atoms with Gasteiger partial charge in [-0.1, -0.05) is 78.9 Å². The minimum Gasteiger partial charge on any atom is -0.493 e. The lowest BCUT2D eigenvalue weighted by Crippen LogP contribution is -2.14. The molecule has 0 aliphatic carbocycles. The molecule has 0 fully saturated rings. The molecule has 10 rings (SSSR count). The van der Waals surface area contributed by atoms with Gasteiger partial charge in [-0.15, -0.1) is 0 Å². The van der Waals surface area contributed by atoms with E-state index in [-0.39, 0.29) is 13.2 Å². The van der Waals surface area contributed by atoms with Crippen molar-refractivity contribution in [2.24, 2.45) is 0 Å². The predicted molar refractivity (Wildman–Crippen MR) is 287 cm³/mol. The third-order valence-electron chi connectivity index (χ3n) is 12.3. The first kappa shape index (κ1) is 50.1. The van der Waals surface area contributed by atoms with Gasteiger partial charge < -0.3 is 47.4 Å². The molecule has 0 spiro atoms. The second-order valence-electron chi connectivity index (χ2n) is 16.8. The minimum absolute atomic E-state index is 0.244. The number of ether oxygens (including phenoxy) is 8. The molecule has 0 atom stereocenters. The van der Waals surface area contributed by atoms with Crippen molar-refractivity contribution in [2.45, 2.75) is 33.6 Å². The van der Waals surface area contributed by atoms with E-state index in [0.29, 0.717) is 65.6 Å². The van der Waals surface area contributed by atoms with E-state index in [4.69, 9.17) is 37.9 Å². The van der Waals surface area contributed by atoms with Crippen molar-refractivity contribution in [3.05, 3.63) is 180 Å². The van der Waals surface area contributed by atoms with Gasteiger partial charge in [0.05, 0.1) is 64.4 Å². The Kier molecular flexibility index (Phi) is 15.7. The standard InChI is InChI=1S/C33H29N3O5S.C26H25NO5/c1-4-40-33(37)32-31(23-11-15-29(38-2)30(17-23)39-3)25-13-12-24(41-20-21-8-6-5-7-9-21)18-28(25)36(32)19-22-10-14-26-27(16-22)35-42-34-26;1-4-31-26(28)25-24(18-10-13-22(29-2)23(14-18)30-3)20-12-11-19(15-21(20)27-25)32-16-17-8-6-5-7-9-17/h5-18H,4,19-20H2,1-3H3;5-15,27H,4,16H2,1-3H3. The Balaban J connectivity index is 0.000000189. The number of aromatic amines is 1. The average molecular weight is 1010 g/mol. The zero-order valence-corrected chi connectivity index (χ0v) is 42.6. The Hall–Kier alpha value is -8.82. The lowest BCUT2D eigenvalue weighted by atomic mass is 10.0. The van der Waals surface area contributed by atoms with Crippen molar-refractivity contribution in [3.8, 4) is 56.8 Å². The van der Waals surface area contributed by atoms with E-state index in [9.17, 15) is 9.59 Å². The summed E-state index contributed by atoms with van der Waals surface area (Å²) in [4.78, 5) is 29.7. The number of methoxy groups -OCH3 is 4. The summed E-state index contributed by atoms with van der Waals surface area (Å²) in [5.74, 6) is 2.93. The van der Waals surface area contributed by atoms with Crippen LogP contribution in [0.1, 0.15) is 51.5 Å². The number of hydrogen-bond acceptors (Lipinski definition) is 13. The van der Waals surface area contributed by atoms with Gasteiger partial charge >= 0.3 is 11.9 Å². The minimum atomic E-state index is -0.416. The number of carbonyl (C=O) groups excluding carboxylic acids is 2. The summed E-state index contributed by atoms with van der Waals surface area (Å²) in [5.41, 5.74) is 10.3. The van der Waals surface area contributed by atoms with E-state index in [1.54, 1.807) is 42.3 Å². The Labute approximate surface area is 432 Å². The van der Waals surface area contributed by atoms with Gasteiger partial charge in [0.25, 0.3) is 0 Å². The van der Waals surface area contributed by atoms with E-state index in [1.165, 1.54) is 11.7 Å². The van der Waals surface area contributed by atoms with Crippen LogP contribution in [0.2, 0.25) is 0 Å². The largest absolute Gasteiger partial charge is 0.493 e. The number of rotatable bonds is 18. The molecule has 0 radical (unpaired) electrons. The molecule has 0 aliphatic heterocycles. The van der Waals surface area contributed by atoms with Gasteiger partial charge in [-0.2, -0.15) is 8.75 Å². The van der Waals surface area contributed by atoms with Crippen LogP contribution in [0.5, 0.6) is 34.5 Å². The van der Waals surface area contributed by atoms with E-state index in [0.717, 1.165) is 71.8 Å². The fourth-order valence-corrected chi connectivity index (χ4v) is 9.30. The maximum Gasteiger partial charge on any atom is 0.355 e. The van der Waals surface area contributed by atoms with E-state index in [1.807, 2.05) is 156 Å². The molecule has 0 saturated heterocycles. The molecule has 14 nitrogen and oxygen atoms in total. The summed E-state index contributed by atoms with van der Waals surface area (Å²) in [7, 11) is 6.36. The molecule has 376 valence electrons. The van der Waals surface area contributed by atoms with Crippen molar-refractivity contribution in [1.82, 2.24) is 18.3 Å². The highest BCUT2D eigenvalue weighted by Gasteiger charge is 2.27. The quantitative estimate of drug-likeness (QED) is 0.0814. The number of benzene rings is 7. The molecule has 74 heavy (non-hydrogen) atoms. The highest BCUT2D eigenvalue weighted by atomic mass is 32.1. The Morgan fingerprint density at radius 3 is 1.68 bits per heavy atom. The molecular formula is C59H54N4O10S. The average Bonchev–Trinajstić information content (AvgIpc) is 4.16. The second kappa shape index (κ2) is 23.2. The third kappa shape index (κ3) is 10.8. The highest BCUT2D eigenvalue weighted by Crippen LogP contribution is 2.42. The Morgan fingerprint density at radius 1 is 0.527 bits per heavy atom. The van der Waals surface area contributed by atoms with Gasteiger partial charge in [0.15, 0.2) is 23.0 Å². The molecule has 0 saturated carbocycles. The van der Waals surface area contributed by atoms with E-state index in [2.05, 4.69) is 13.7 Å². The topological polar surface area (TPSA) is 154 Å². The first-order valence-electron chi connectivity index (χ1n) is 23.9. The zero-order chi connectivity index (χ0) is 51.6. The third-order valence-corrected chi connectivity index (χ3v) is 12.8. The zero-order valence-electron chi connectivity index (χ0n) is 41.8. The van der Waals surface area contributed by atoms with Crippen molar-refractivity contribution < 1.29 is 47.5 Å². The van der Waals surface area contributed by atoms with Crippen molar-refractivity contribution >= 4 is 56.5 Å². The number of nitrogens with one attached hydrogen (secondary N) is 1. The number of hydrogen-bond donors (Lipinski definition) is 1. The fraction of sp³-hybridized carbons (Fsp3) is 0.186. The molecule has 0 amide bonds. The molecule has 7 aromatic carbocycles. The number of H-pyrrole nitrogens is 1. The van der Waals surface area contributed by atoms with Gasteiger partial charge in [-0.25, -0.2) is 9.59 Å². The molecule has 0 aliphatic rings. The summed E-state index contributed by atoms with van der Waals surface area (Å²) in [5, 5.41) is 1.76. The van der Waals surface area contributed by atoms with Crippen molar-refractivity contribution in [2.75, 3.05) is 41.7 Å². The van der Waals surface area contributed by atoms with Crippen LogP contribution in [0.15, 0.2) is 152 Å². The molecule has 15 heteroatoms. The normalized spacial score (nSPS) is 10.9. The van der Waals surface area contributed by atoms with E-state index >= 15 is 0 Å².